The molecule has 1 fully saturated rings. The number of hydrogen-bond acceptors (Lipinski definition) is 5. The van der Waals surface area contributed by atoms with Gasteiger partial charge in [0.05, 0.1) is 10.6 Å². The largest absolute Gasteiger partial charge is 0.348 e. The van der Waals surface area contributed by atoms with Crippen LogP contribution in [0.4, 0.5) is 10.8 Å². The van der Waals surface area contributed by atoms with Crippen molar-refractivity contribution in [2.24, 2.45) is 0 Å². The lowest BCUT2D eigenvalue weighted by Crippen LogP contribution is -2.29. The van der Waals surface area contributed by atoms with Gasteiger partial charge in [0, 0.05) is 36.2 Å². The maximum atomic E-state index is 10.8. The van der Waals surface area contributed by atoms with Gasteiger partial charge < -0.3 is 4.90 Å². The van der Waals surface area contributed by atoms with Crippen molar-refractivity contribution in [3.05, 3.63) is 39.8 Å². The zero-order chi connectivity index (χ0) is 13.9. The fraction of sp³-hybridized carbons (Fsp3) is 0.357. The molecule has 20 heavy (non-hydrogen) atoms. The van der Waals surface area contributed by atoms with E-state index in [9.17, 15) is 10.1 Å². The zero-order valence-corrected chi connectivity index (χ0v) is 11.8. The first kappa shape index (κ1) is 13.1. The molecule has 0 atom stereocenters. The summed E-state index contributed by atoms with van der Waals surface area (Å²) in [6, 6.07) is 6.64. The van der Waals surface area contributed by atoms with Gasteiger partial charge in [-0.05, 0) is 19.3 Å². The smallest absolute Gasteiger partial charge is 0.270 e. The number of non-ortho nitro benzene ring substituents is 1. The Morgan fingerprint density at radius 1 is 1.25 bits per heavy atom. The molecule has 104 valence electrons. The Morgan fingerprint density at radius 3 is 2.80 bits per heavy atom. The van der Waals surface area contributed by atoms with Crippen LogP contribution in [0, 0.1) is 10.1 Å². The second-order valence-corrected chi connectivity index (χ2v) is 5.71. The standard InChI is InChI=1S/C14H15N3O2S/c18-17(19)12-6-4-5-11(9-12)13-10-20-14(15-13)16-7-2-1-3-8-16/h4-6,9-10H,1-3,7-8H2. The Bertz CT molecular complexity index is 620. The molecule has 0 spiro atoms. The summed E-state index contributed by atoms with van der Waals surface area (Å²) in [4.78, 5) is 17.4. The summed E-state index contributed by atoms with van der Waals surface area (Å²) in [5, 5.41) is 13.8. The van der Waals surface area contributed by atoms with Gasteiger partial charge in [0.1, 0.15) is 0 Å². The Morgan fingerprint density at radius 2 is 2.05 bits per heavy atom. The molecule has 3 rings (SSSR count). The topological polar surface area (TPSA) is 59.3 Å². The number of thiazole rings is 1. The summed E-state index contributed by atoms with van der Waals surface area (Å²) >= 11 is 1.61. The van der Waals surface area contributed by atoms with Gasteiger partial charge in [0.25, 0.3) is 5.69 Å². The highest BCUT2D eigenvalue weighted by Gasteiger charge is 2.15. The van der Waals surface area contributed by atoms with Gasteiger partial charge in [0.2, 0.25) is 0 Å². The zero-order valence-electron chi connectivity index (χ0n) is 11.0. The fourth-order valence-corrected chi connectivity index (χ4v) is 3.29. The monoisotopic (exact) mass is 289 g/mol. The summed E-state index contributed by atoms with van der Waals surface area (Å²) < 4.78 is 0. The highest BCUT2D eigenvalue weighted by Crippen LogP contribution is 2.30. The molecule has 6 heteroatoms. The van der Waals surface area contributed by atoms with E-state index in [4.69, 9.17) is 0 Å². The van der Waals surface area contributed by atoms with E-state index in [0.717, 1.165) is 29.5 Å². The first-order valence-corrected chi connectivity index (χ1v) is 7.57. The summed E-state index contributed by atoms with van der Waals surface area (Å²) in [5.41, 5.74) is 1.73. The van der Waals surface area contributed by atoms with Crippen molar-refractivity contribution in [2.75, 3.05) is 18.0 Å². The van der Waals surface area contributed by atoms with Crippen LogP contribution in [0.3, 0.4) is 0 Å². The van der Waals surface area contributed by atoms with E-state index < -0.39 is 0 Å². The predicted molar refractivity (Wildman–Crippen MR) is 80.3 cm³/mol. The summed E-state index contributed by atoms with van der Waals surface area (Å²) in [5.74, 6) is 0. The number of nitro benzene ring substituents is 1. The lowest BCUT2D eigenvalue weighted by molar-refractivity contribution is -0.384. The van der Waals surface area contributed by atoms with E-state index in [-0.39, 0.29) is 10.6 Å². The minimum absolute atomic E-state index is 0.107. The van der Waals surface area contributed by atoms with Crippen LogP contribution in [0.2, 0.25) is 0 Å². The highest BCUT2D eigenvalue weighted by atomic mass is 32.1. The van der Waals surface area contributed by atoms with Crippen LogP contribution in [-0.2, 0) is 0 Å². The second kappa shape index (κ2) is 5.58. The maximum Gasteiger partial charge on any atom is 0.270 e. The fourth-order valence-electron chi connectivity index (χ4n) is 2.41. The second-order valence-electron chi connectivity index (χ2n) is 4.87. The molecule has 5 nitrogen and oxygen atoms in total. The molecular formula is C14H15N3O2S. The number of hydrogen-bond donors (Lipinski definition) is 0. The van der Waals surface area contributed by atoms with Crippen LogP contribution in [0.25, 0.3) is 11.3 Å². The molecule has 1 aliphatic rings. The van der Waals surface area contributed by atoms with Gasteiger partial charge in [-0.2, -0.15) is 0 Å². The normalized spacial score (nSPS) is 15.3. The minimum atomic E-state index is -0.374. The summed E-state index contributed by atoms with van der Waals surface area (Å²) in [7, 11) is 0. The number of piperidine rings is 1. The van der Waals surface area contributed by atoms with Crippen molar-refractivity contribution in [1.82, 2.24) is 4.98 Å². The predicted octanol–water partition coefficient (Wildman–Crippen LogP) is 3.71. The van der Waals surface area contributed by atoms with Gasteiger partial charge in [-0.25, -0.2) is 4.98 Å². The van der Waals surface area contributed by atoms with Crippen LogP contribution < -0.4 is 4.90 Å². The van der Waals surface area contributed by atoms with Gasteiger partial charge in [-0.15, -0.1) is 11.3 Å². The van der Waals surface area contributed by atoms with Crippen molar-refractivity contribution >= 4 is 22.2 Å². The van der Waals surface area contributed by atoms with Crippen molar-refractivity contribution < 1.29 is 4.92 Å². The molecule has 1 aromatic carbocycles. The van der Waals surface area contributed by atoms with E-state index in [1.54, 1.807) is 23.5 Å². The van der Waals surface area contributed by atoms with E-state index in [2.05, 4.69) is 9.88 Å². The molecule has 0 amide bonds. The third kappa shape index (κ3) is 2.65. The van der Waals surface area contributed by atoms with E-state index in [0.29, 0.717) is 0 Å². The average molecular weight is 289 g/mol. The SMILES string of the molecule is O=[N+]([O-])c1cccc(-c2csc(N3CCCCC3)n2)c1. The molecule has 0 aliphatic carbocycles. The average Bonchev–Trinajstić information content (AvgIpc) is 2.98. The van der Waals surface area contributed by atoms with E-state index >= 15 is 0 Å². The van der Waals surface area contributed by atoms with E-state index in [1.165, 1.54) is 25.3 Å². The number of rotatable bonds is 3. The van der Waals surface area contributed by atoms with Crippen LogP contribution in [0.5, 0.6) is 0 Å². The van der Waals surface area contributed by atoms with Gasteiger partial charge in [-0.3, -0.25) is 10.1 Å². The minimum Gasteiger partial charge on any atom is -0.348 e. The van der Waals surface area contributed by atoms with Crippen LogP contribution in [-0.4, -0.2) is 23.0 Å². The van der Waals surface area contributed by atoms with Crippen molar-refractivity contribution in [2.45, 2.75) is 19.3 Å². The number of aromatic nitrogens is 1. The molecule has 0 radical (unpaired) electrons. The third-order valence-electron chi connectivity index (χ3n) is 3.47. The molecule has 1 aromatic heterocycles. The summed E-state index contributed by atoms with van der Waals surface area (Å²) in [6.45, 7) is 2.11. The Labute approximate surface area is 121 Å². The van der Waals surface area contributed by atoms with Gasteiger partial charge in [0.15, 0.2) is 5.13 Å². The van der Waals surface area contributed by atoms with Crippen molar-refractivity contribution in [1.29, 1.82) is 0 Å². The van der Waals surface area contributed by atoms with Gasteiger partial charge >= 0.3 is 0 Å². The van der Waals surface area contributed by atoms with Crippen LogP contribution >= 0.6 is 11.3 Å². The molecule has 0 N–H and O–H groups in total. The first-order chi connectivity index (χ1) is 9.74. The maximum absolute atomic E-state index is 10.8. The van der Waals surface area contributed by atoms with E-state index in [1.807, 2.05) is 11.4 Å². The Kier molecular flexibility index (Phi) is 3.64. The molecular weight excluding hydrogens is 274 g/mol. The molecule has 0 saturated carbocycles. The molecule has 0 unspecified atom stereocenters. The Hall–Kier alpha value is -1.95. The molecule has 0 bridgehead atoms. The van der Waals surface area contributed by atoms with Crippen LogP contribution in [0.15, 0.2) is 29.6 Å². The molecule has 1 saturated heterocycles. The first-order valence-electron chi connectivity index (χ1n) is 6.69. The quantitative estimate of drug-likeness (QED) is 0.638. The van der Waals surface area contributed by atoms with Crippen molar-refractivity contribution in [3.63, 3.8) is 0 Å². The number of nitrogens with zero attached hydrogens (tertiary/aromatic N) is 3. The number of anilines is 1. The van der Waals surface area contributed by atoms with Gasteiger partial charge in [-0.1, -0.05) is 12.1 Å². The number of benzene rings is 1. The summed E-state index contributed by atoms with van der Waals surface area (Å²) in [6.07, 6.45) is 3.72. The third-order valence-corrected chi connectivity index (χ3v) is 4.37. The lowest BCUT2D eigenvalue weighted by Gasteiger charge is -2.25. The van der Waals surface area contributed by atoms with Crippen LogP contribution in [0.1, 0.15) is 19.3 Å². The number of nitro groups is 1. The molecule has 2 aromatic rings. The lowest BCUT2D eigenvalue weighted by atomic mass is 10.1. The highest BCUT2D eigenvalue weighted by molar-refractivity contribution is 7.14. The molecule has 1 aliphatic heterocycles. The van der Waals surface area contributed by atoms with Crippen molar-refractivity contribution in [3.8, 4) is 11.3 Å². The Balaban J connectivity index is 1.85. The molecule has 2 heterocycles.